The van der Waals surface area contributed by atoms with Crippen LogP contribution >= 0.6 is 19.6 Å². The van der Waals surface area contributed by atoms with Crippen molar-refractivity contribution in [3.8, 4) is 0 Å². The normalized spacial score (nSPS) is 15.2. The third-order valence-corrected chi connectivity index (χ3v) is 12.5. The molecule has 0 aliphatic heterocycles. The lowest BCUT2D eigenvalue weighted by atomic mass is 9.94. The van der Waals surface area contributed by atoms with Crippen molar-refractivity contribution < 1.29 is 33.5 Å². The molecular formula is C40H82NO7PS. The summed E-state index contributed by atoms with van der Waals surface area (Å²) < 4.78 is 22.5. The Morgan fingerprint density at radius 1 is 0.640 bits per heavy atom. The number of phosphoric ester groups is 1. The second kappa shape index (κ2) is 33.4. The van der Waals surface area contributed by atoms with Gasteiger partial charge in [0.2, 0.25) is 0 Å². The molecule has 0 heterocycles. The quantitative estimate of drug-likeness (QED) is 0.0357. The number of aliphatic hydroxyl groups excluding tert-OH is 1. The summed E-state index contributed by atoms with van der Waals surface area (Å²) in [4.78, 5) is 21.6. The Morgan fingerprint density at radius 2 is 0.960 bits per heavy atom. The molecule has 0 radical (unpaired) electrons. The largest absolute Gasteiger partial charge is 0.480 e. The molecule has 0 saturated carbocycles. The summed E-state index contributed by atoms with van der Waals surface area (Å²) in [6, 6.07) is -1.10. The number of carbonyl (C=O) groups is 1. The van der Waals surface area contributed by atoms with E-state index >= 15 is 0 Å². The summed E-state index contributed by atoms with van der Waals surface area (Å²) in [6.07, 6.45) is 35.0. The maximum Gasteiger partial charge on any atom is 0.472 e. The Labute approximate surface area is 313 Å². The minimum absolute atomic E-state index is 0.120. The molecule has 10 heteroatoms. The summed E-state index contributed by atoms with van der Waals surface area (Å²) in [5.74, 6) is -0.791. The number of hydrogen-bond donors (Lipinski definition) is 4. The van der Waals surface area contributed by atoms with Crippen LogP contribution in [0.1, 0.15) is 207 Å². The van der Waals surface area contributed by atoms with Crippen LogP contribution in [0.5, 0.6) is 0 Å². The molecule has 0 bridgehead atoms. The Kier molecular flexibility index (Phi) is 33.3. The Bertz CT molecular complexity index is 819. The SMILES string of the molecule is CCCCCCCCCCCCCCCCC(CCCCCCCCCCCCCC)COP(=O)(O)OCC(O)CSC(C)(C)C(N)C(=O)O. The minimum Gasteiger partial charge on any atom is -0.480 e. The fourth-order valence-corrected chi connectivity index (χ4v) is 8.21. The highest BCUT2D eigenvalue weighted by Gasteiger charge is 2.33. The standard InChI is InChI=1S/C40H82NO7PS/c1-5-7-9-11-13-15-17-19-20-22-24-26-28-30-32-36(31-29-27-25-23-21-18-16-14-12-10-8-6-2)33-47-49(45,46)48-34-37(42)35-50-40(3,4)38(41)39(43)44/h36-38,42H,5-35,41H2,1-4H3,(H,43,44)(H,45,46). The number of unbranched alkanes of at least 4 members (excludes halogenated alkanes) is 24. The van der Waals surface area contributed by atoms with E-state index in [0.29, 0.717) is 0 Å². The van der Waals surface area contributed by atoms with Gasteiger partial charge in [-0.05, 0) is 32.6 Å². The average molecular weight is 752 g/mol. The molecule has 5 N–H and O–H groups in total. The van der Waals surface area contributed by atoms with E-state index in [-0.39, 0.29) is 24.9 Å². The molecule has 300 valence electrons. The lowest BCUT2D eigenvalue weighted by Crippen LogP contribution is -2.47. The first-order chi connectivity index (χ1) is 23.9. The fraction of sp³-hybridized carbons (Fsp3) is 0.975. The predicted molar refractivity (Wildman–Crippen MR) is 214 cm³/mol. The van der Waals surface area contributed by atoms with Crippen LogP contribution in [-0.2, 0) is 18.4 Å². The summed E-state index contributed by atoms with van der Waals surface area (Å²) in [5, 5.41) is 19.5. The van der Waals surface area contributed by atoms with Gasteiger partial charge in [0, 0.05) is 10.5 Å². The van der Waals surface area contributed by atoms with E-state index in [2.05, 4.69) is 13.8 Å². The molecule has 0 spiro atoms. The second-order valence-corrected chi connectivity index (χ2v) is 18.5. The Hall–Kier alpha value is -0.150. The number of hydrogen-bond acceptors (Lipinski definition) is 7. The van der Waals surface area contributed by atoms with E-state index in [0.717, 1.165) is 25.7 Å². The molecule has 50 heavy (non-hydrogen) atoms. The molecule has 0 aliphatic carbocycles. The van der Waals surface area contributed by atoms with Crippen LogP contribution < -0.4 is 5.73 Å². The molecule has 0 rings (SSSR count). The molecule has 0 fully saturated rings. The van der Waals surface area contributed by atoms with Gasteiger partial charge < -0.3 is 20.8 Å². The Balaban J connectivity index is 4.47. The number of carboxylic acids is 1. The third kappa shape index (κ3) is 31.4. The summed E-state index contributed by atoms with van der Waals surface area (Å²) in [7, 11) is -4.33. The lowest BCUT2D eigenvalue weighted by molar-refractivity contribution is -0.139. The number of rotatable bonds is 39. The van der Waals surface area contributed by atoms with Gasteiger partial charge in [0.1, 0.15) is 6.04 Å². The number of phosphoric acid groups is 1. The van der Waals surface area contributed by atoms with Gasteiger partial charge in [0.25, 0.3) is 0 Å². The maximum absolute atomic E-state index is 12.7. The van der Waals surface area contributed by atoms with Crippen LogP contribution in [0.15, 0.2) is 0 Å². The van der Waals surface area contributed by atoms with Crippen molar-refractivity contribution in [3.63, 3.8) is 0 Å². The molecule has 0 amide bonds. The van der Waals surface area contributed by atoms with E-state index in [1.807, 2.05) is 0 Å². The van der Waals surface area contributed by atoms with Gasteiger partial charge in [-0.3, -0.25) is 13.8 Å². The van der Waals surface area contributed by atoms with E-state index < -0.39 is 30.7 Å². The highest BCUT2D eigenvalue weighted by atomic mass is 32.2. The van der Waals surface area contributed by atoms with Crippen molar-refractivity contribution in [2.45, 2.75) is 224 Å². The number of thioether (sulfide) groups is 1. The zero-order chi connectivity index (χ0) is 37.4. The summed E-state index contributed by atoms with van der Waals surface area (Å²) in [6.45, 7) is 7.72. The molecular weight excluding hydrogens is 669 g/mol. The number of aliphatic carboxylic acids is 1. The van der Waals surface area contributed by atoms with Crippen LogP contribution in [0.25, 0.3) is 0 Å². The van der Waals surface area contributed by atoms with Crippen LogP contribution in [0.3, 0.4) is 0 Å². The van der Waals surface area contributed by atoms with E-state index in [4.69, 9.17) is 14.8 Å². The maximum atomic E-state index is 12.7. The molecule has 0 aromatic heterocycles. The van der Waals surface area contributed by atoms with Gasteiger partial charge >= 0.3 is 13.8 Å². The van der Waals surface area contributed by atoms with Crippen molar-refractivity contribution in [1.29, 1.82) is 0 Å². The summed E-state index contributed by atoms with van der Waals surface area (Å²) >= 11 is 1.19. The second-order valence-electron chi connectivity index (χ2n) is 15.4. The number of nitrogens with two attached hydrogens (primary N) is 1. The van der Waals surface area contributed by atoms with E-state index in [1.165, 1.54) is 166 Å². The molecule has 8 nitrogen and oxygen atoms in total. The van der Waals surface area contributed by atoms with Gasteiger partial charge in [0.15, 0.2) is 0 Å². The molecule has 4 atom stereocenters. The van der Waals surface area contributed by atoms with Gasteiger partial charge in [-0.2, -0.15) is 11.8 Å². The first-order valence-electron chi connectivity index (χ1n) is 20.9. The topological polar surface area (TPSA) is 139 Å². The van der Waals surface area contributed by atoms with Crippen molar-refractivity contribution in [2.24, 2.45) is 11.7 Å². The molecule has 4 unspecified atom stereocenters. The van der Waals surface area contributed by atoms with Crippen LogP contribution in [0.4, 0.5) is 0 Å². The van der Waals surface area contributed by atoms with Gasteiger partial charge in [-0.25, -0.2) is 4.57 Å². The first-order valence-corrected chi connectivity index (χ1v) is 23.4. The van der Waals surface area contributed by atoms with E-state index in [9.17, 15) is 24.5 Å². The zero-order valence-corrected chi connectivity index (χ0v) is 34.8. The third-order valence-electron chi connectivity index (χ3n) is 10.00. The average Bonchev–Trinajstić information content (AvgIpc) is 3.08. The molecule has 0 aliphatic rings. The Morgan fingerprint density at radius 3 is 1.30 bits per heavy atom. The van der Waals surface area contributed by atoms with Gasteiger partial charge in [0.05, 0.1) is 19.3 Å². The monoisotopic (exact) mass is 752 g/mol. The van der Waals surface area contributed by atoms with Crippen molar-refractivity contribution >= 4 is 25.6 Å². The molecule has 0 aromatic carbocycles. The zero-order valence-electron chi connectivity index (χ0n) is 33.1. The predicted octanol–water partition coefficient (Wildman–Crippen LogP) is 12.0. The minimum atomic E-state index is -4.33. The van der Waals surface area contributed by atoms with Crippen LogP contribution in [0, 0.1) is 5.92 Å². The number of aliphatic hydroxyl groups is 1. The summed E-state index contributed by atoms with van der Waals surface area (Å²) in [5.41, 5.74) is 5.75. The fourth-order valence-electron chi connectivity index (χ4n) is 6.38. The number of carboxylic acid groups (broad SMARTS) is 1. The molecule has 0 saturated heterocycles. The highest BCUT2D eigenvalue weighted by molar-refractivity contribution is 8.00. The highest BCUT2D eigenvalue weighted by Crippen LogP contribution is 2.44. The van der Waals surface area contributed by atoms with Gasteiger partial charge in [-0.1, -0.05) is 181 Å². The van der Waals surface area contributed by atoms with Crippen LogP contribution in [-0.4, -0.2) is 56.9 Å². The van der Waals surface area contributed by atoms with Crippen molar-refractivity contribution in [2.75, 3.05) is 19.0 Å². The van der Waals surface area contributed by atoms with E-state index in [1.54, 1.807) is 13.8 Å². The lowest BCUT2D eigenvalue weighted by Gasteiger charge is -2.29. The van der Waals surface area contributed by atoms with Crippen LogP contribution in [0.2, 0.25) is 0 Å². The van der Waals surface area contributed by atoms with Gasteiger partial charge in [-0.15, -0.1) is 0 Å². The smallest absolute Gasteiger partial charge is 0.472 e. The molecule has 0 aromatic rings. The van der Waals surface area contributed by atoms with Crippen molar-refractivity contribution in [1.82, 2.24) is 0 Å². The first kappa shape index (κ1) is 49.9. The van der Waals surface area contributed by atoms with Crippen molar-refractivity contribution in [3.05, 3.63) is 0 Å².